The molecule has 5 aliphatic heterocycles. The number of fused-ring (bicyclic) bond motifs is 20. The van der Waals surface area contributed by atoms with Gasteiger partial charge in [0.05, 0.1) is 49.3 Å². The van der Waals surface area contributed by atoms with E-state index in [1.807, 2.05) is 0 Å². The third-order valence-electron chi connectivity index (χ3n) is 14.2. The van der Waals surface area contributed by atoms with E-state index in [0.717, 1.165) is 19.3 Å². The van der Waals surface area contributed by atoms with Crippen LogP contribution in [0.4, 0.5) is 0 Å². The molecular formula is C33H55CuN8O2. The molecule has 0 spiro atoms. The zero-order valence-electron chi connectivity index (χ0n) is 26.0. The Kier molecular flexibility index (Phi) is 8.87. The smallest absolute Gasteiger partial charge is 0.550 e. The molecule has 0 aromatic carbocycles. The van der Waals surface area contributed by atoms with Crippen molar-refractivity contribution in [3.05, 3.63) is 0 Å². The maximum Gasteiger partial charge on any atom is 1.00 e. The first-order valence-corrected chi connectivity index (χ1v) is 18.4. The normalized spacial score (nSPS) is 54.8. The molecule has 10 nitrogen and oxygen atoms in total. The molecule has 9 fully saturated rings. The average molecular weight is 659 g/mol. The quantitative estimate of drug-likeness (QED) is 0.189. The number of carboxylic acids is 1. The van der Waals surface area contributed by atoms with Crippen molar-refractivity contribution in [2.75, 3.05) is 0 Å². The van der Waals surface area contributed by atoms with Crippen LogP contribution in [0.2, 0.25) is 0 Å². The Hall–Kier alpha value is -0.331. The summed E-state index contributed by atoms with van der Waals surface area (Å²) in [5.41, 5.74) is 0. The van der Waals surface area contributed by atoms with E-state index in [1.54, 1.807) is 0 Å². The van der Waals surface area contributed by atoms with Gasteiger partial charge in [0.15, 0.2) is 0 Å². The SMILES string of the molecule is O=C([O-])C1CCCC2C3NC4NC(NC5NC(NC6NC(NC(N3)C12)C1CCCCC61)C1CCCCC51)C1CCCCC41.[Cu+]. The molecular weight excluding hydrogens is 604 g/mol. The maximum atomic E-state index is 12.5. The number of carboxylic acid groups (broad SMARTS) is 1. The van der Waals surface area contributed by atoms with E-state index in [4.69, 9.17) is 0 Å². The van der Waals surface area contributed by atoms with Crippen LogP contribution in [0.5, 0.6) is 0 Å². The zero-order valence-corrected chi connectivity index (χ0v) is 27.0. The number of hydrogen-bond acceptors (Lipinski definition) is 10. The van der Waals surface area contributed by atoms with Crippen molar-refractivity contribution in [1.29, 1.82) is 0 Å². The summed E-state index contributed by atoms with van der Waals surface area (Å²) in [4.78, 5) is 12.5. The van der Waals surface area contributed by atoms with Crippen molar-refractivity contribution in [1.82, 2.24) is 42.5 Å². The van der Waals surface area contributed by atoms with E-state index < -0.39 is 11.9 Å². The van der Waals surface area contributed by atoms with Crippen LogP contribution in [0.15, 0.2) is 0 Å². The topological polar surface area (TPSA) is 136 Å². The van der Waals surface area contributed by atoms with Gasteiger partial charge < -0.3 is 9.90 Å². The number of carbonyl (C=O) groups excluding carboxylic acids is 1. The van der Waals surface area contributed by atoms with Gasteiger partial charge in [0.25, 0.3) is 0 Å². The Morgan fingerprint density at radius 3 is 0.977 bits per heavy atom. The number of aliphatic carboxylic acids is 1. The maximum absolute atomic E-state index is 12.5. The molecule has 0 amide bonds. The van der Waals surface area contributed by atoms with Crippen LogP contribution in [0.25, 0.3) is 0 Å². The molecule has 17 unspecified atom stereocenters. The molecule has 0 aromatic heterocycles. The average Bonchev–Trinajstić information content (AvgIpc) is 3.76. The van der Waals surface area contributed by atoms with Crippen LogP contribution in [0.1, 0.15) is 96.3 Å². The number of carbonyl (C=O) groups is 1. The molecule has 44 heavy (non-hydrogen) atoms. The van der Waals surface area contributed by atoms with Crippen LogP contribution >= 0.6 is 0 Å². The van der Waals surface area contributed by atoms with Gasteiger partial charge in [-0.15, -0.1) is 0 Å². The fourth-order valence-corrected chi connectivity index (χ4v) is 12.3. The summed E-state index contributed by atoms with van der Waals surface area (Å²) in [6.07, 6.45) is 20.1. The summed E-state index contributed by atoms with van der Waals surface area (Å²) in [6.45, 7) is 0. The zero-order chi connectivity index (χ0) is 28.7. The van der Waals surface area contributed by atoms with E-state index >= 15 is 0 Å². The van der Waals surface area contributed by atoms with E-state index in [9.17, 15) is 9.90 Å². The van der Waals surface area contributed by atoms with Gasteiger partial charge in [0, 0.05) is 17.8 Å². The Morgan fingerprint density at radius 2 is 0.659 bits per heavy atom. The predicted molar refractivity (Wildman–Crippen MR) is 161 cm³/mol. The molecule has 4 aliphatic carbocycles. The van der Waals surface area contributed by atoms with Crippen LogP contribution in [0.3, 0.4) is 0 Å². The minimum Gasteiger partial charge on any atom is -0.550 e. The monoisotopic (exact) mass is 658 g/mol. The summed E-state index contributed by atoms with van der Waals surface area (Å²) in [7, 11) is 0. The summed E-state index contributed by atoms with van der Waals surface area (Å²) < 4.78 is 0. The molecule has 5 heterocycles. The van der Waals surface area contributed by atoms with Gasteiger partial charge in [0.1, 0.15) is 0 Å². The molecule has 17 atom stereocenters. The molecule has 11 heteroatoms. The summed E-state index contributed by atoms with van der Waals surface area (Å²) in [5, 5.41) is 45.3. The van der Waals surface area contributed by atoms with E-state index in [-0.39, 0.29) is 53.8 Å². The van der Waals surface area contributed by atoms with Crippen molar-refractivity contribution in [2.45, 2.75) is 146 Å². The van der Waals surface area contributed by atoms with Gasteiger partial charge >= 0.3 is 17.1 Å². The van der Waals surface area contributed by atoms with Gasteiger partial charge in [0.2, 0.25) is 0 Å². The minimum absolute atomic E-state index is 0. The number of nitrogens with one attached hydrogen (secondary N) is 8. The van der Waals surface area contributed by atoms with Crippen molar-refractivity contribution >= 4 is 5.97 Å². The molecule has 8 N–H and O–H groups in total. The second kappa shape index (κ2) is 12.6. The molecule has 9 rings (SSSR count). The van der Waals surface area contributed by atoms with Gasteiger partial charge in [-0.2, -0.15) is 0 Å². The number of hydrogen-bond donors (Lipinski definition) is 8. The second-order valence-corrected chi connectivity index (χ2v) is 16.1. The van der Waals surface area contributed by atoms with Gasteiger partial charge in [-0.05, 0) is 92.8 Å². The molecule has 4 saturated carbocycles. The van der Waals surface area contributed by atoms with Crippen LogP contribution in [-0.4, -0.2) is 55.3 Å². The van der Waals surface area contributed by atoms with Crippen LogP contribution in [-0.2, 0) is 21.9 Å². The summed E-state index contributed by atoms with van der Waals surface area (Å²) in [5.74, 6) is 2.83. The van der Waals surface area contributed by atoms with Crippen LogP contribution < -0.4 is 47.6 Å². The second-order valence-electron chi connectivity index (χ2n) is 16.1. The van der Waals surface area contributed by atoms with E-state index in [0.29, 0.717) is 59.9 Å². The third-order valence-corrected chi connectivity index (χ3v) is 14.2. The van der Waals surface area contributed by atoms with Crippen molar-refractivity contribution in [3.8, 4) is 0 Å². The standard InChI is InChI=1S/C33H56N8O2.Cu/c42-33(43)23-15-7-14-22-24(23)32-40-30-21-13-6-5-12-20(21)28(38-30)36-26-17-9-2-1-8-16(17)25(34-26)35-27-18-10-3-4-11-19(18)29(37-27)39-31(22)41-32;/h16-32,34-41H,1-15H2,(H,42,43);/q;+1/p-1. The molecule has 0 aromatic rings. The number of rotatable bonds is 1. The fourth-order valence-electron chi connectivity index (χ4n) is 12.3. The molecule has 9 aliphatic rings. The Morgan fingerprint density at radius 1 is 0.386 bits per heavy atom. The van der Waals surface area contributed by atoms with Crippen molar-refractivity contribution in [3.63, 3.8) is 0 Å². The Bertz CT molecular complexity index is 1050. The first kappa shape index (κ1) is 31.0. The van der Waals surface area contributed by atoms with E-state index in [1.165, 1.54) is 77.0 Å². The minimum atomic E-state index is -0.857. The van der Waals surface area contributed by atoms with Gasteiger partial charge in [-0.3, -0.25) is 42.5 Å². The molecule has 8 bridgehead atoms. The summed E-state index contributed by atoms with van der Waals surface area (Å²) >= 11 is 0. The molecule has 5 saturated heterocycles. The van der Waals surface area contributed by atoms with Crippen molar-refractivity contribution in [2.24, 2.45) is 53.3 Å². The first-order valence-electron chi connectivity index (χ1n) is 18.4. The third kappa shape index (κ3) is 5.24. The van der Waals surface area contributed by atoms with Gasteiger partial charge in [-0.1, -0.05) is 44.9 Å². The largest absolute Gasteiger partial charge is 1.00 e. The fraction of sp³-hybridized carbons (Fsp3) is 0.970. The van der Waals surface area contributed by atoms with E-state index in [2.05, 4.69) is 42.5 Å². The first-order chi connectivity index (χ1) is 21.1. The van der Waals surface area contributed by atoms with Crippen molar-refractivity contribution < 1.29 is 27.0 Å². The molecule has 0 radical (unpaired) electrons. The van der Waals surface area contributed by atoms with Crippen LogP contribution in [0, 0.1) is 53.3 Å². The summed E-state index contributed by atoms with van der Waals surface area (Å²) in [6, 6.07) is 0. The van der Waals surface area contributed by atoms with Gasteiger partial charge in [-0.25, -0.2) is 0 Å². The Balaban J connectivity index is 0.00000289. The Labute approximate surface area is 273 Å². The molecule has 250 valence electrons. The predicted octanol–water partition coefficient (Wildman–Crippen LogP) is 0.579.